The summed E-state index contributed by atoms with van der Waals surface area (Å²) in [6, 6.07) is 18.7. The summed E-state index contributed by atoms with van der Waals surface area (Å²) in [5.41, 5.74) is 5.89. The molecule has 1 amide bonds. The molecule has 0 fully saturated rings. The van der Waals surface area contributed by atoms with Gasteiger partial charge < -0.3 is 4.74 Å². The molecule has 0 saturated heterocycles. The standard InChI is InChI=1S/C23H20ClN3O2/c1-17(20-6-4-14-25-15-20)26-27-23(28)16-29-22-7-3-2-5-19(22)11-8-18-9-12-21(24)13-10-18/h2-15H,16H2,1H3,(H,27,28)/b11-8+,26-17+. The van der Waals surface area contributed by atoms with E-state index in [1.807, 2.05) is 72.8 Å². The predicted octanol–water partition coefficient (Wildman–Crippen LogP) is 4.82. The SMILES string of the molecule is C/C(=N\NC(=O)COc1ccccc1/C=C/c1ccc(Cl)cc1)c1cccnc1. The molecule has 1 aromatic heterocycles. The number of pyridine rings is 1. The van der Waals surface area contributed by atoms with Gasteiger partial charge in [-0.3, -0.25) is 9.78 Å². The summed E-state index contributed by atoms with van der Waals surface area (Å²) in [6.07, 6.45) is 7.26. The van der Waals surface area contributed by atoms with Gasteiger partial charge in [-0.05, 0) is 36.8 Å². The first-order valence-corrected chi connectivity index (χ1v) is 9.38. The minimum Gasteiger partial charge on any atom is -0.483 e. The van der Waals surface area contributed by atoms with Gasteiger partial charge in [-0.25, -0.2) is 5.43 Å². The molecule has 3 rings (SSSR count). The van der Waals surface area contributed by atoms with Gasteiger partial charge in [-0.1, -0.05) is 60.2 Å². The van der Waals surface area contributed by atoms with E-state index in [0.29, 0.717) is 16.5 Å². The van der Waals surface area contributed by atoms with Crippen molar-refractivity contribution in [3.63, 3.8) is 0 Å². The quantitative estimate of drug-likeness (QED) is 0.348. The third kappa shape index (κ3) is 6.30. The number of aromatic nitrogens is 1. The molecule has 0 spiro atoms. The summed E-state index contributed by atoms with van der Waals surface area (Å²) in [5.74, 6) is 0.269. The van der Waals surface area contributed by atoms with Crippen LogP contribution in [0.1, 0.15) is 23.6 Å². The molecule has 1 N–H and O–H groups in total. The monoisotopic (exact) mass is 405 g/mol. The Balaban J connectivity index is 1.59. The lowest BCUT2D eigenvalue weighted by atomic mass is 10.1. The Hall–Kier alpha value is -3.44. The Kier molecular flexibility index (Phi) is 7.14. The minimum absolute atomic E-state index is 0.143. The number of benzene rings is 2. The predicted molar refractivity (Wildman–Crippen MR) is 117 cm³/mol. The lowest BCUT2D eigenvalue weighted by Gasteiger charge is -2.08. The number of rotatable bonds is 7. The smallest absolute Gasteiger partial charge is 0.277 e. The molecule has 0 saturated carbocycles. The van der Waals surface area contributed by atoms with Crippen molar-refractivity contribution in [1.82, 2.24) is 10.4 Å². The van der Waals surface area contributed by atoms with Gasteiger partial charge in [0.1, 0.15) is 5.75 Å². The number of halogens is 1. The number of hydrazone groups is 1. The van der Waals surface area contributed by atoms with Gasteiger partial charge >= 0.3 is 0 Å². The molecule has 3 aromatic rings. The topological polar surface area (TPSA) is 63.6 Å². The number of carbonyl (C=O) groups is 1. The fourth-order valence-corrected chi connectivity index (χ4v) is 2.60. The van der Waals surface area contributed by atoms with Crippen LogP contribution in [0.25, 0.3) is 12.2 Å². The molecule has 0 aliphatic carbocycles. The lowest BCUT2D eigenvalue weighted by Crippen LogP contribution is -2.25. The third-order valence-corrected chi connectivity index (χ3v) is 4.28. The lowest BCUT2D eigenvalue weighted by molar-refractivity contribution is -0.123. The molecular weight excluding hydrogens is 386 g/mol. The fourth-order valence-electron chi connectivity index (χ4n) is 2.47. The normalized spacial score (nSPS) is 11.4. The second-order valence-electron chi connectivity index (χ2n) is 6.19. The molecule has 0 bridgehead atoms. The molecule has 0 aliphatic heterocycles. The van der Waals surface area contributed by atoms with E-state index >= 15 is 0 Å². The average Bonchev–Trinajstić information content (AvgIpc) is 2.76. The van der Waals surface area contributed by atoms with Crippen LogP contribution >= 0.6 is 11.6 Å². The zero-order chi connectivity index (χ0) is 20.5. The van der Waals surface area contributed by atoms with E-state index in [1.54, 1.807) is 19.3 Å². The molecule has 1 heterocycles. The zero-order valence-electron chi connectivity index (χ0n) is 15.9. The van der Waals surface area contributed by atoms with Crippen LogP contribution in [0.3, 0.4) is 0 Å². The second kappa shape index (κ2) is 10.2. The molecule has 146 valence electrons. The maximum Gasteiger partial charge on any atom is 0.277 e. The first-order chi connectivity index (χ1) is 14.1. The van der Waals surface area contributed by atoms with E-state index in [1.165, 1.54) is 0 Å². The van der Waals surface area contributed by atoms with Crippen molar-refractivity contribution in [1.29, 1.82) is 0 Å². The average molecular weight is 406 g/mol. The molecule has 0 aliphatic rings. The first-order valence-electron chi connectivity index (χ1n) is 9.01. The number of ether oxygens (including phenoxy) is 1. The Labute approximate surface area is 174 Å². The van der Waals surface area contributed by atoms with Crippen molar-refractivity contribution in [2.24, 2.45) is 5.10 Å². The zero-order valence-corrected chi connectivity index (χ0v) is 16.6. The van der Waals surface area contributed by atoms with Crippen LogP contribution < -0.4 is 10.2 Å². The van der Waals surface area contributed by atoms with Crippen molar-refractivity contribution in [3.8, 4) is 5.75 Å². The van der Waals surface area contributed by atoms with E-state index in [-0.39, 0.29) is 12.5 Å². The highest BCUT2D eigenvalue weighted by molar-refractivity contribution is 6.30. The summed E-state index contributed by atoms with van der Waals surface area (Å²) in [6.45, 7) is 1.66. The summed E-state index contributed by atoms with van der Waals surface area (Å²) in [7, 11) is 0. The third-order valence-electron chi connectivity index (χ3n) is 4.03. The molecule has 5 nitrogen and oxygen atoms in total. The maximum absolute atomic E-state index is 12.1. The van der Waals surface area contributed by atoms with Gasteiger partial charge in [0.05, 0.1) is 5.71 Å². The van der Waals surface area contributed by atoms with Crippen LogP contribution in [0, 0.1) is 0 Å². The number of amides is 1. The summed E-state index contributed by atoms with van der Waals surface area (Å²) < 4.78 is 5.68. The van der Waals surface area contributed by atoms with E-state index in [0.717, 1.165) is 16.7 Å². The van der Waals surface area contributed by atoms with Gasteiger partial charge in [0.15, 0.2) is 6.61 Å². The highest BCUT2D eigenvalue weighted by Gasteiger charge is 2.05. The van der Waals surface area contributed by atoms with Crippen molar-refractivity contribution >= 4 is 35.4 Å². The van der Waals surface area contributed by atoms with E-state index in [2.05, 4.69) is 15.5 Å². The molecular formula is C23H20ClN3O2. The van der Waals surface area contributed by atoms with Gasteiger partial charge in [0.25, 0.3) is 5.91 Å². The van der Waals surface area contributed by atoms with Gasteiger partial charge in [-0.15, -0.1) is 0 Å². The summed E-state index contributed by atoms with van der Waals surface area (Å²) >= 11 is 5.91. The van der Waals surface area contributed by atoms with Crippen LogP contribution in [0.4, 0.5) is 0 Å². The molecule has 0 unspecified atom stereocenters. The van der Waals surface area contributed by atoms with Crippen LogP contribution in [0.5, 0.6) is 5.75 Å². The second-order valence-corrected chi connectivity index (χ2v) is 6.62. The van der Waals surface area contributed by atoms with E-state index in [4.69, 9.17) is 16.3 Å². The highest BCUT2D eigenvalue weighted by Crippen LogP contribution is 2.21. The Morgan fingerprint density at radius 3 is 2.66 bits per heavy atom. The maximum atomic E-state index is 12.1. The van der Waals surface area contributed by atoms with Gasteiger partial charge in [-0.2, -0.15) is 5.10 Å². The van der Waals surface area contributed by atoms with Gasteiger partial charge in [0.2, 0.25) is 0 Å². The molecule has 0 atom stereocenters. The Morgan fingerprint density at radius 1 is 1.10 bits per heavy atom. The number of hydrogen-bond donors (Lipinski definition) is 1. The molecule has 29 heavy (non-hydrogen) atoms. The Morgan fingerprint density at radius 2 is 1.90 bits per heavy atom. The van der Waals surface area contributed by atoms with Crippen molar-refractivity contribution in [2.75, 3.05) is 6.61 Å². The minimum atomic E-state index is -0.343. The first kappa shape index (κ1) is 20.3. The number of nitrogens with zero attached hydrogens (tertiary/aromatic N) is 2. The Bertz CT molecular complexity index is 1020. The van der Waals surface area contributed by atoms with Crippen molar-refractivity contribution in [3.05, 3.63) is 94.8 Å². The number of para-hydroxylation sites is 1. The number of hydrogen-bond acceptors (Lipinski definition) is 4. The fraction of sp³-hybridized carbons (Fsp3) is 0.0870. The van der Waals surface area contributed by atoms with Crippen LogP contribution in [0.2, 0.25) is 5.02 Å². The molecule has 0 radical (unpaired) electrons. The molecule has 6 heteroatoms. The summed E-state index contributed by atoms with van der Waals surface area (Å²) in [4.78, 5) is 16.1. The van der Waals surface area contributed by atoms with Crippen LogP contribution in [0.15, 0.2) is 78.2 Å². The molecule has 2 aromatic carbocycles. The number of nitrogens with one attached hydrogen (secondary N) is 1. The van der Waals surface area contributed by atoms with Crippen LogP contribution in [-0.2, 0) is 4.79 Å². The largest absolute Gasteiger partial charge is 0.483 e. The van der Waals surface area contributed by atoms with Gasteiger partial charge in [0, 0.05) is 28.5 Å². The van der Waals surface area contributed by atoms with E-state index < -0.39 is 0 Å². The van der Waals surface area contributed by atoms with Crippen LogP contribution in [-0.4, -0.2) is 23.2 Å². The number of carbonyl (C=O) groups excluding carboxylic acids is 1. The highest BCUT2D eigenvalue weighted by atomic mass is 35.5. The van der Waals surface area contributed by atoms with E-state index in [9.17, 15) is 4.79 Å². The summed E-state index contributed by atoms with van der Waals surface area (Å²) in [5, 5.41) is 4.78. The van der Waals surface area contributed by atoms with Crippen molar-refractivity contribution < 1.29 is 9.53 Å². The van der Waals surface area contributed by atoms with Crippen molar-refractivity contribution in [2.45, 2.75) is 6.92 Å².